The van der Waals surface area contributed by atoms with Gasteiger partial charge in [-0.1, -0.05) is 37.9 Å². The van der Waals surface area contributed by atoms with E-state index in [0.29, 0.717) is 5.92 Å². The second-order valence-electron chi connectivity index (χ2n) is 4.51. The maximum Gasteiger partial charge on any atom is 0.0474 e. The van der Waals surface area contributed by atoms with Crippen LogP contribution in [-0.2, 0) is 0 Å². The van der Waals surface area contributed by atoms with E-state index in [1.807, 2.05) is 31.1 Å². The number of hydrogen-bond donors (Lipinski definition) is 1. The molecule has 0 radical (unpaired) electrons. The Kier molecular flexibility index (Phi) is 6.91. The average molecular weight is 277 g/mol. The van der Waals surface area contributed by atoms with Crippen molar-refractivity contribution >= 4 is 29.7 Å². The Morgan fingerprint density at radius 2 is 1.94 bits per heavy atom. The molecule has 0 fully saturated rings. The summed E-state index contributed by atoms with van der Waals surface area (Å²) in [4.78, 5) is 2.03. The molecule has 1 aromatic rings. The smallest absolute Gasteiger partial charge is 0.0474 e. The van der Waals surface area contributed by atoms with Crippen molar-refractivity contribution in [1.29, 1.82) is 0 Å². The second kappa shape index (κ2) is 7.10. The van der Waals surface area contributed by atoms with Crippen molar-refractivity contribution in [1.82, 2.24) is 0 Å². The molecular weight excluding hydrogens is 255 g/mol. The van der Waals surface area contributed by atoms with Crippen molar-refractivity contribution in [3.05, 3.63) is 28.8 Å². The van der Waals surface area contributed by atoms with Gasteiger partial charge in [0.1, 0.15) is 0 Å². The third-order valence-corrected chi connectivity index (χ3v) is 3.44. The van der Waals surface area contributed by atoms with Gasteiger partial charge in [-0.3, -0.25) is 0 Å². The summed E-state index contributed by atoms with van der Waals surface area (Å²) in [7, 11) is 4.00. The van der Waals surface area contributed by atoms with Crippen LogP contribution in [0.1, 0.15) is 31.9 Å². The Balaban J connectivity index is 0.00000256. The molecule has 0 spiro atoms. The van der Waals surface area contributed by atoms with E-state index in [-0.39, 0.29) is 18.4 Å². The van der Waals surface area contributed by atoms with Gasteiger partial charge >= 0.3 is 0 Å². The minimum absolute atomic E-state index is 0. The van der Waals surface area contributed by atoms with Gasteiger partial charge in [-0.15, -0.1) is 12.4 Å². The highest BCUT2D eigenvalue weighted by Gasteiger charge is 2.16. The quantitative estimate of drug-likeness (QED) is 0.905. The van der Waals surface area contributed by atoms with Gasteiger partial charge in [-0.05, 0) is 23.6 Å². The Morgan fingerprint density at radius 3 is 2.35 bits per heavy atom. The Labute approximate surface area is 116 Å². The van der Waals surface area contributed by atoms with E-state index < -0.39 is 0 Å². The summed E-state index contributed by atoms with van der Waals surface area (Å²) in [6.45, 7) is 4.30. The van der Waals surface area contributed by atoms with Crippen LogP contribution in [0.2, 0.25) is 5.02 Å². The first-order valence-corrected chi connectivity index (χ1v) is 6.07. The molecule has 0 amide bonds. The SMILES string of the molecule is CCC(C)[C@H](N)c1ccc(N(C)C)cc1Cl.Cl. The molecule has 0 saturated carbocycles. The van der Waals surface area contributed by atoms with Crippen molar-refractivity contribution in [2.75, 3.05) is 19.0 Å². The molecule has 17 heavy (non-hydrogen) atoms. The minimum atomic E-state index is 0. The Bertz CT molecular complexity index is 353. The lowest BCUT2D eigenvalue weighted by Gasteiger charge is -2.21. The van der Waals surface area contributed by atoms with Gasteiger partial charge in [-0.25, -0.2) is 0 Å². The van der Waals surface area contributed by atoms with Crippen LogP contribution in [0.4, 0.5) is 5.69 Å². The molecule has 98 valence electrons. The lowest BCUT2D eigenvalue weighted by Crippen LogP contribution is -2.19. The summed E-state index contributed by atoms with van der Waals surface area (Å²) < 4.78 is 0. The van der Waals surface area contributed by atoms with Crippen molar-refractivity contribution in [2.24, 2.45) is 11.7 Å². The first kappa shape index (κ1) is 16.6. The Hall–Kier alpha value is -0.440. The van der Waals surface area contributed by atoms with Crippen LogP contribution in [0.15, 0.2) is 18.2 Å². The zero-order chi connectivity index (χ0) is 12.3. The molecule has 1 unspecified atom stereocenters. The van der Waals surface area contributed by atoms with Crippen LogP contribution in [0.25, 0.3) is 0 Å². The van der Waals surface area contributed by atoms with E-state index in [9.17, 15) is 0 Å². The fourth-order valence-electron chi connectivity index (χ4n) is 1.63. The van der Waals surface area contributed by atoms with Crippen molar-refractivity contribution in [2.45, 2.75) is 26.3 Å². The van der Waals surface area contributed by atoms with Crippen LogP contribution in [0.5, 0.6) is 0 Å². The predicted molar refractivity (Wildman–Crippen MR) is 79.4 cm³/mol. The molecule has 0 aliphatic heterocycles. The summed E-state index contributed by atoms with van der Waals surface area (Å²) in [6, 6.07) is 6.09. The highest BCUT2D eigenvalue weighted by molar-refractivity contribution is 6.31. The number of rotatable bonds is 4. The summed E-state index contributed by atoms with van der Waals surface area (Å²) in [5, 5.41) is 0.763. The van der Waals surface area contributed by atoms with Gasteiger partial charge in [0.25, 0.3) is 0 Å². The summed E-state index contributed by atoms with van der Waals surface area (Å²) >= 11 is 6.26. The predicted octanol–water partition coefficient (Wildman–Crippen LogP) is 3.87. The maximum absolute atomic E-state index is 6.26. The van der Waals surface area contributed by atoms with Crippen molar-refractivity contribution in [3.8, 4) is 0 Å². The molecule has 1 rings (SSSR count). The number of hydrogen-bond acceptors (Lipinski definition) is 2. The van der Waals surface area contributed by atoms with Crippen molar-refractivity contribution in [3.63, 3.8) is 0 Å². The molecule has 2 nitrogen and oxygen atoms in total. The topological polar surface area (TPSA) is 29.3 Å². The first-order valence-electron chi connectivity index (χ1n) is 5.69. The molecule has 0 aliphatic carbocycles. The van der Waals surface area contributed by atoms with Gasteiger partial charge in [0, 0.05) is 30.8 Å². The largest absolute Gasteiger partial charge is 0.378 e. The maximum atomic E-state index is 6.26. The van der Waals surface area contributed by atoms with E-state index in [0.717, 1.165) is 22.7 Å². The fourth-order valence-corrected chi connectivity index (χ4v) is 1.93. The van der Waals surface area contributed by atoms with Crippen molar-refractivity contribution < 1.29 is 0 Å². The number of halogens is 2. The van der Waals surface area contributed by atoms with E-state index in [2.05, 4.69) is 19.9 Å². The molecule has 0 saturated heterocycles. The molecule has 0 aliphatic rings. The van der Waals surface area contributed by atoms with Crippen LogP contribution < -0.4 is 10.6 Å². The highest BCUT2D eigenvalue weighted by Crippen LogP contribution is 2.30. The molecule has 2 N–H and O–H groups in total. The number of benzene rings is 1. The second-order valence-corrected chi connectivity index (χ2v) is 4.92. The van der Waals surface area contributed by atoms with Gasteiger partial charge in [0.2, 0.25) is 0 Å². The molecule has 0 heterocycles. The summed E-state index contributed by atoms with van der Waals surface area (Å²) in [6.07, 6.45) is 1.06. The number of nitrogens with zero attached hydrogens (tertiary/aromatic N) is 1. The molecule has 0 aromatic heterocycles. The highest BCUT2D eigenvalue weighted by atomic mass is 35.5. The zero-order valence-corrected chi connectivity index (χ0v) is 12.5. The molecule has 1 aromatic carbocycles. The molecule has 4 heteroatoms. The molecular formula is C13H22Cl2N2. The third kappa shape index (κ3) is 4.06. The van der Waals surface area contributed by atoms with E-state index >= 15 is 0 Å². The lowest BCUT2D eigenvalue weighted by atomic mass is 9.93. The third-order valence-electron chi connectivity index (χ3n) is 3.12. The van der Waals surface area contributed by atoms with Gasteiger partial charge in [0.15, 0.2) is 0 Å². The van der Waals surface area contributed by atoms with Crippen LogP contribution >= 0.6 is 24.0 Å². The molecule has 0 bridgehead atoms. The van der Waals surface area contributed by atoms with E-state index in [4.69, 9.17) is 17.3 Å². The van der Waals surface area contributed by atoms with Gasteiger partial charge in [-0.2, -0.15) is 0 Å². The Morgan fingerprint density at radius 1 is 1.35 bits per heavy atom. The fraction of sp³-hybridized carbons (Fsp3) is 0.538. The average Bonchev–Trinajstić information content (AvgIpc) is 2.26. The normalized spacial score (nSPS) is 13.8. The number of anilines is 1. The summed E-state index contributed by atoms with van der Waals surface area (Å²) in [5.74, 6) is 0.447. The van der Waals surface area contributed by atoms with Gasteiger partial charge < -0.3 is 10.6 Å². The van der Waals surface area contributed by atoms with E-state index in [1.165, 1.54) is 0 Å². The summed E-state index contributed by atoms with van der Waals surface area (Å²) in [5.41, 5.74) is 8.32. The van der Waals surface area contributed by atoms with E-state index in [1.54, 1.807) is 0 Å². The standard InChI is InChI=1S/C13H21ClN2.ClH/c1-5-9(2)13(15)11-7-6-10(16(3)4)8-12(11)14;/h6-9,13H,5,15H2,1-4H3;1H/t9?,13-;/m0./s1. The minimum Gasteiger partial charge on any atom is -0.378 e. The van der Waals surface area contributed by atoms with Crippen LogP contribution in [0.3, 0.4) is 0 Å². The van der Waals surface area contributed by atoms with Crippen LogP contribution in [0, 0.1) is 5.92 Å². The zero-order valence-electron chi connectivity index (χ0n) is 10.9. The monoisotopic (exact) mass is 276 g/mol. The van der Waals surface area contributed by atoms with Gasteiger partial charge in [0.05, 0.1) is 0 Å². The number of nitrogens with two attached hydrogens (primary N) is 1. The van der Waals surface area contributed by atoms with Crippen LogP contribution in [-0.4, -0.2) is 14.1 Å². The molecule has 2 atom stereocenters. The lowest BCUT2D eigenvalue weighted by molar-refractivity contribution is 0.457. The first-order chi connectivity index (χ1) is 7.47.